The lowest BCUT2D eigenvalue weighted by atomic mass is 10.3. The van der Waals surface area contributed by atoms with Gasteiger partial charge in [-0.05, 0) is 36.4 Å². The summed E-state index contributed by atoms with van der Waals surface area (Å²) in [4.78, 5) is 8.26. The van der Waals surface area contributed by atoms with Crippen LogP contribution in [-0.4, -0.2) is 22.3 Å². The minimum atomic E-state index is 0.717. The number of hydrogen-bond donors (Lipinski definition) is 0. The van der Waals surface area contributed by atoms with Gasteiger partial charge < -0.3 is 4.74 Å². The normalized spacial score (nSPS) is 10.4. The molecule has 0 aliphatic rings. The second-order valence-corrected chi connectivity index (χ2v) is 5.45. The van der Waals surface area contributed by atoms with Crippen molar-refractivity contribution in [3.63, 3.8) is 0 Å². The maximum Gasteiger partial charge on any atom is 0.119 e. The second kappa shape index (κ2) is 8.02. The first-order valence-electron chi connectivity index (χ1n) is 6.05. The molecule has 0 aliphatic heterocycles. The first kappa shape index (κ1) is 14.2. The molecule has 1 heterocycles. The van der Waals surface area contributed by atoms with Gasteiger partial charge in [-0.3, -0.25) is 9.97 Å². The number of thioether (sulfide) groups is 1. The third-order valence-corrected chi connectivity index (χ3v) is 3.71. The number of hydrogen-bond acceptors (Lipinski definition) is 4. The van der Waals surface area contributed by atoms with E-state index in [0.29, 0.717) is 0 Å². The van der Waals surface area contributed by atoms with E-state index in [2.05, 4.69) is 9.97 Å². The van der Waals surface area contributed by atoms with Crippen molar-refractivity contribution in [2.75, 3.05) is 12.4 Å². The molecular weight excluding hydrogens is 280 g/mol. The topological polar surface area (TPSA) is 35.0 Å². The van der Waals surface area contributed by atoms with Crippen molar-refractivity contribution in [3.05, 3.63) is 53.6 Å². The van der Waals surface area contributed by atoms with Crippen molar-refractivity contribution in [1.82, 2.24) is 9.97 Å². The lowest BCUT2D eigenvalue weighted by molar-refractivity contribution is 0.318. The smallest absolute Gasteiger partial charge is 0.119 e. The molecule has 0 saturated heterocycles. The summed E-state index contributed by atoms with van der Waals surface area (Å²) in [6.07, 6.45) is 6.22. The number of halogens is 1. The van der Waals surface area contributed by atoms with E-state index in [9.17, 15) is 0 Å². The summed E-state index contributed by atoms with van der Waals surface area (Å²) >= 11 is 7.64. The summed E-state index contributed by atoms with van der Waals surface area (Å²) in [7, 11) is 0. The van der Waals surface area contributed by atoms with Gasteiger partial charge in [0.15, 0.2) is 0 Å². The summed E-state index contributed by atoms with van der Waals surface area (Å²) in [6.45, 7) is 0.717. The van der Waals surface area contributed by atoms with Crippen LogP contribution in [0.15, 0.2) is 42.9 Å². The Morgan fingerprint density at radius 1 is 1.16 bits per heavy atom. The molecule has 0 atom stereocenters. The average Bonchev–Trinajstić information content (AvgIpc) is 2.46. The molecule has 0 bridgehead atoms. The van der Waals surface area contributed by atoms with E-state index in [1.807, 2.05) is 36.0 Å². The number of aromatic nitrogens is 2. The fraction of sp³-hybridized carbons (Fsp3) is 0.286. The second-order valence-electron chi connectivity index (χ2n) is 3.91. The minimum Gasteiger partial charge on any atom is -0.494 e. The lowest BCUT2D eigenvalue weighted by Crippen LogP contribution is -1.99. The highest BCUT2D eigenvalue weighted by Gasteiger charge is 1.96. The lowest BCUT2D eigenvalue weighted by Gasteiger charge is -2.05. The Morgan fingerprint density at radius 3 is 2.74 bits per heavy atom. The van der Waals surface area contributed by atoms with Gasteiger partial charge >= 0.3 is 0 Å². The summed E-state index contributed by atoms with van der Waals surface area (Å²) in [5.41, 5.74) is 1.02. The van der Waals surface area contributed by atoms with Crippen molar-refractivity contribution in [1.29, 1.82) is 0 Å². The molecule has 0 N–H and O–H groups in total. The third-order valence-electron chi connectivity index (χ3n) is 2.38. The number of rotatable bonds is 7. The average molecular weight is 295 g/mol. The van der Waals surface area contributed by atoms with E-state index < -0.39 is 0 Å². The van der Waals surface area contributed by atoms with Crippen LogP contribution in [0.1, 0.15) is 12.1 Å². The van der Waals surface area contributed by atoms with E-state index >= 15 is 0 Å². The Balaban J connectivity index is 1.56. The summed E-state index contributed by atoms with van der Waals surface area (Å²) < 4.78 is 5.61. The molecule has 0 aliphatic carbocycles. The number of nitrogens with zero attached hydrogens (tertiary/aromatic N) is 2. The molecule has 0 spiro atoms. The first-order chi connectivity index (χ1) is 9.34. The fourth-order valence-corrected chi connectivity index (χ4v) is 2.41. The van der Waals surface area contributed by atoms with Gasteiger partial charge in [-0.25, -0.2) is 0 Å². The van der Waals surface area contributed by atoms with Crippen LogP contribution in [0.2, 0.25) is 5.02 Å². The molecule has 100 valence electrons. The van der Waals surface area contributed by atoms with Gasteiger partial charge in [-0.15, -0.1) is 0 Å². The van der Waals surface area contributed by atoms with Crippen LogP contribution in [-0.2, 0) is 5.75 Å². The zero-order valence-electron chi connectivity index (χ0n) is 10.5. The van der Waals surface area contributed by atoms with Crippen molar-refractivity contribution >= 4 is 23.4 Å². The van der Waals surface area contributed by atoms with Gasteiger partial charge in [0.1, 0.15) is 5.75 Å². The van der Waals surface area contributed by atoms with Crippen LogP contribution in [0.25, 0.3) is 0 Å². The minimum absolute atomic E-state index is 0.717. The maximum atomic E-state index is 5.80. The molecule has 0 fully saturated rings. The third kappa shape index (κ3) is 5.49. The van der Waals surface area contributed by atoms with Crippen molar-refractivity contribution in [3.8, 4) is 5.75 Å². The molecule has 3 nitrogen and oxygen atoms in total. The molecule has 5 heteroatoms. The van der Waals surface area contributed by atoms with Gasteiger partial charge in [0, 0.05) is 29.4 Å². The molecule has 2 aromatic rings. The Bertz CT molecular complexity index is 479. The van der Waals surface area contributed by atoms with Crippen LogP contribution in [0.4, 0.5) is 0 Å². The predicted octanol–water partition coefficient (Wildman–Crippen LogP) is 3.83. The molecule has 0 saturated carbocycles. The molecule has 0 unspecified atom stereocenters. The Morgan fingerprint density at radius 2 is 2.00 bits per heavy atom. The van der Waals surface area contributed by atoms with Crippen LogP contribution in [0.3, 0.4) is 0 Å². The van der Waals surface area contributed by atoms with Crippen LogP contribution in [0.5, 0.6) is 5.75 Å². The van der Waals surface area contributed by atoms with Gasteiger partial charge in [-0.1, -0.05) is 11.6 Å². The molecule has 19 heavy (non-hydrogen) atoms. The highest BCUT2D eigenvalue weighted by molar-refractivity contribution is 7.98. The standard InChI is InChI=1S/C14H15ClN2OS/c15-12-2-4-14(5-3-12)18-8-1-9-19-11-13-10-16-6-7-17-13/h2-7,10H,1,8-9,11H2. The van der Waals surface area contributed by atoms with Crippen molar-refractivity contribution < 1.29 is 4.74 Å². The summed E-state index contributed by atoms with van der Waals surface area (Å²) in [5, 5.41) is 0.729. The van der Waals surface area contributed by atoms with Crippen LogP contribution >= 0.6 is 23.4 Å². The van der Waals surface area contributed by atoms with Gasteiger partial charge in [0.25, 0.3) is 0 Å². The summed E-state index contributed by atoms with van der Waals surface area (Å²) in [5.74, 6) is 2.81. The van der Waals surface area contributed by atoms with Gasteiger partial charge in [0.05, 0.1) is 12.3 Å². The largest absolute Gasteiger partial charge is 0.494 e. The Labute approximate surface area is 122 Å². The number of benzene rings is 1. The fourth-order valence-electron chi connectivity index (χ4n) is 1.46. The van der Waals surface area contributed by atoms with E-state index in [1.165, 1.54) is 0 Å². The Kier molecular flexibility index (Phi) is 5.98. The summed E-state index contributed by atoms with van der Waals surface area (Å²) in [6, 6.07) is 7.43. The molecule has 0 amide bonds. The van der Waals surface area contributed by atoms with E-state index in [1.54, 1.807) is 18.6 Å². The molecular formula is C14H15ClN2OS. The zero-order valence-corrected chi connectivity index (χ0v) is 12.0. The highest BCUT2D eigenvalue weighted by atomic mass is 35.5. The Hall–Kier alpha value is -1.26. The monoisotopic (exact) mass is 294 g/mol. The van der Waals surface area contributed by atoms with Crippen LogP contribution in [0, 0.1) is 0 Å². The predicted molar refractivity (Wildman–Crippen MR) is 79.8 cm³/mol. The van der Waals surface area contributed by atoms with Gasteiger partial charge in [-0.2, -0.15) is 11.8 Å². The van der Waals surface area contributed by atoms with E-state index in [0.717, 1.165) is 41.0 Å². The zero-order chi connectivity index (χ0) is 13.3. The first-order valence-corrected chi connectivity index (χ1v) is 7.59. The van der Waals surface area contributed by atoms with Gasteiger partial charge in [0.2, 0.25) is 0 Å². The molecule has 1 aromatic heterocycles. The van der Waals surface area contributed by atoms with Crippen molar-refractivity contribution in [2.45, 2.75) is 12.2 Å². The SMILES string of the molecule is Clc1ccc(OCCCSCc2cnccn2)cc1. The highest BCUT2D eigenvalue weighted by Crippen LogP contribution is 2.16. The van der Waals surface area contributed by atoms with Crippen LogP contribution < -0.4 is 4.74 Å². The molecule has 0 radical (unpaired) electrons. The quantitative estimate of drug-likeness (QED) is 0.727. The molecule has 1 aromatic carbocycles. The van der Waals surface area contributed by atoms with E-state index in [4.69, 9.17) is 16.3 Å². The molecule has 2 rings (SSSR count). The maximum absolute atomic E-state index is 5.80. The van der Waals surface area contributed by atoms with E-state index in [-0.39, 0.29) is 0 Å². The number of ether oxygens (including phenoxy) is 1. The van der Waals surface area contributed by atoms with Crippen molar-refractivity contribution in [2.24, 2.45) is 0 Å².